The Bertz CT molecular complexity index is 995. The minimum atomic E-state index is 0.293. The summed E-state index contributed by atoms with van der Waals surface area (Å²) in [4.78, 5) is 6.07. The number of fused-ring (bicyclic) bond motifs is 2. The summed E-state index contributed by atoms with van der Waals surface area (Å²) in [6, 6.07) is 12.5. The van der Waals surface area contributed by atoms with Gasteiger partial charge in [0.15, 0.2) is 11.5 Å². The van der Waals surface area contributed by atoms with Crippen LogP contribution >= 0.6 is 11.3 Å². The SMILES string of the molecule is Cc1sc(-c2ccc3c(c2)OCO3)nc1CCOc1ccc2c(c1)CCC2. The highest BCUT2D eigenvalue weighted by Crippen LogP contribution is 2.37. The molecule has 0 spiro atoms. The fourth-order valence-electron chi connectivity index (χ4n) is 3.72. The second-order valence-electron chi connectivity index (χ2n) is 6.97. The Kier molecular flexibility index (Phi) is 4.24. The average Bonchev–Trinajstić information content (AvgIpc) is 3.40. The normalized spacial score (nSPS) is 14.4. The van der Waals surface area contributed by atoms with Crippen molar-refractivity contribution in [2.75, 3.05) is 13.4 Å². The van der Waals surface area contributed by atoms with E-state index in [4.69, 9.17) is 19.2 Å². The molecule has 2 heterocycles. The lowest BCUT2D eigenvalue weighted by atomic mass is 10.1. The Morgan fingerprint density at radius 3 is 2.89 bits per heavy atom. The Balaban J connectivity index is 1.26. The fraction of sp³-hybridized carbons (Fsp3) is 0.318. The van der Waals surface area contributed by atoms with Crippen LogP contribution in [0.25, 0.3) is 10.6 Å². The van der Waals surface area contributed by atoms with E-state index < -0.39 is 0 Å². The standard InChI is InChI=1S/C22H21NO3S/c1-14-19(9-10-24-18-7-5-15-3-2-4-16(15)11-18)23-22(27-14)17-6-8-20-21(12-17)26-13-25-20/h5-8,11-12H,2-4,9-10,13H2,1H3. The third-order valence-electron chi connectivity index (χ3n) is 5.19. The Labute approximate surface area is 162 Å². The van der Waals surface area contributed by atoms with Gasteiger partial charge in [0.25, 0.3) is 0 Å². The Morgan fingerprint density at radius 1 is 1.04 bits per heavy atom. The molecule has 2 aliphatic rings. The van der Waals surface area contributed by atoms with Gasteiger partial charge in [0, 0.05) is 16.9 Å². The maximum absolute atomic E-state index is 5.99. The Hall–Kier alpha value is -2.53. The van der Waals surface area contributed by atoms with Crippen LogP contribution in [-0.4, -0.2) is 18.4 Å². The molecular formula is C22H21NO3S. The van der Waals surface area contributed by atoms with E-state index in [2.05, 4.69) is 25.1 Å². The third-order valence-corrected chi connectivity index (χ3v) is 6.25. The highest BCUT2D eigenvalue weighted by Gasteiger charge is 2.17. The van der Waals surface area contributed by atoms with E-state index in [1.54, 1.807) is 11.3 Å². The molecule has 0 atom stereocenters. The van der Waals surface area contributed by atoms with Crippen molar-refractivity contribution in [3.63, 3.8) is 0 Å². The number of thiazole rings is 1. The number of hydrogen-bond donors (Lipinski definition) is 0. The van der Waals surface area contributed by atoms with Crippen LogP contribution in [0.15, 0.2) is 36.4 Å². The average molecular weight is 379 g/mol. The van der Waals surface area contributed by atoms with Gasteiger partial charge in [-0.05, 0) is 67.6 Å². The van der Waals surface area contributed by atoms with Crippen molar-refractivity contribution in [3.05, 3.63) is 58.1 Å². The van der Waals surface area contributed by atoms with Crippen LogP contribution in [0.4, 0.5) is 0 Å². The van der Waals surface area contributed by atoms with Crippen LogP contribution in [0.2, 0.25) is 0 Å². The molecule has 0 unspecified atom stereocenters. The van der Waals surface area contributed by atoms with Gasteiger partial charge in [0.2, 0.25) is 6.79 Å². The summed E-state index contributed by atoms with van der Waals surface area (Å²) in [5.74, 6) is 2.57. The predicted octanol–water partition coefficient (Wildman–Crippen LogP) is 4.96. The fourth-order valence-corrected chi connectivity index (χ4v) is 4.67. The van der Waals surface area contributed by atoms with Crippen molar-refractivity contribution in [1.82, 2.24) is 4.98 Å². The first kappa shape index (κ1) is 16.6. The summed E-state index contributed by atoms with van der Waals surface area (Å²) >= 11 is 1.71. The molecule has 0 N–H and O–H groups in total. The maximum Gasteiger partial charge on any atom is 0.231 e. The molecular weight excluding hydrogens is 358 g/mol. The summed E-state index contributed by atoms with van der Waals surface area (Å²) in [6.07, 6.45) is 4.45. The van der Waals surface area contributed by atoms with Crippen LogP contribution in [0.5, 0.6) is 17.2 Å². The largest absolute Gasteiger partial charge is 0.493 e. The van der Waals surface area contributed by atoms with E-state index in [0.29, 0.717) is 13.4 Å². The molecule has 2 aromatic carbocycles. The molecule has 0 amide bonds. The zero-order valence-electron chi connectivity index (χ0n) is 15.3. The van der Waals surface area contributed by atoms with Crippen LogP contribution in [-0.2, 0) is 19.3 Å². The van der Waals surface area contributed by atoms with E-state index in [1.165, 1.54) is 35.3 Å². The zero-order valence-corrected chi connectivity index (χ0v) is 16.1. The highest BCUT2D eigenvalue weighted by atomic mass is 32.1. The first-order valence-corrected chi connectivity index (χ1v) is 10.2. The van der Waals surface area contributed by atoms with Gasteiger partial charge >= 0.3 is 0 Å². The topological polar surface area (TPSA) is 40.6 Å². The van der Waals surface area contributed by atoms with Gasteiger partial charge in [0.1, 0.15) is 10.8 Å². The number of benzene rings is 2. The predicted molar refractivity (Wildman–Crippen MR) is 106 cm³/mol. The summed E-state index contributed by atoms with van der Waals surface area (Å²) in [5, 5.41) is 1.01. The molecule has 27 heavy (non-hydrogen) atoms. The molecule has 3 aromatic rings. The van der Waals surface area contributed by atoms with Crippen molar-refractivity contribution in [3.8, 4) is 27.8 Å². The van der Waals surface area contributed by atoms with Gasteiger partial charge in [-0.3, -0.25) is 0 Å². The number of aryl methyl sites for hydroxylation is 3. The molecule has 5 heteroatoms. The van der Waals surface area contributed by atoms with Gasteiger partial charge in [-0.2, -0.15) is 0 Å². The van der Waals surface area contributed by atoms with E-state index in [-0.39, 0.29) is 0 Å². The smallest absolute Gasteiger partial charge is 0.231 e. The summed E-state index contributed by atoms with van der Waals surface area (Å²) in [6.45, 7) is 3.06. The van der Waals surface area contributed by atoms with E-state index in [9.17, 15) is 0 Å². The van der Waals surface area contributed by atoms with Crippen molar-refractivity contribution in [2.24, 2.45) is 0 Å². The molecule has 1 aliphatic heterocycles. The third kappa shape index (κ3) is 3.28. The number of rotatable bonds is 5. The number of ether oxygens (including phenoxy) is 3. The lowest BCUT2D eigenvalue weighted by molar-refractivity contribution is 0.174. The van der Waals surface area contributed by atoms with Crippen molar-refractivity contribution in [2.45, 2.75) is 32.6 Å². The summed E-state index contributed by atoms with van der Waals surface area (Å²) < 4.78 is 16.9. The lowest BCUT2D eigenvalue weighted by Gasteiger charge is -2.07. The molecule has 138 valence electrons. The van der Waals surface area contributed by atoms with Crippen molar-refractivity contribution in [1.29, 1.82) is 0 Å². The van der Waals surface area contributed by atoms with Gasteiger partial charge in [-0.1, -0.05) is 6.07 Å². The molecule has 0 bridgehead atoms. The number of nitrogens with zero attached hydrogens (tertiary/aromatic N) is 1. The maximum atomic E-state index is 5.99. The van der Waals surface area contributed by atoms with E-state index in [0.717, 1.165) is 39.9 Å². The van der Waals surface area contributed by atoms with Crippen molar-refractivity contribution < 1.29 is 14.2 Å². The molecule has 0 radical (unpaired) electrons. The summed E-state index contributed by atoms with van der Waals surface area (Å²) in [7, 11) is 0. The van der Waals surface area contributed by atoms with Crippen molar-refractivity contribution >= 4 is 11.3 Å². The van der Waals surface area contributed by atoms with Crippen LogP contribution in [0, 0.1) is 6.92 Å². The second-order valence-corrected chi connectivity index (χ2v) is 8.18. The van der Waals surface area contributed by atoms with Gasteiger partial charge in [0.05, 0.1) is 12.3 Å². The summed E-state index contributed by atoms with van der Waals surface area (Å²) in [5.41, 5.74) is 5.10. The van der Waals surface area contributed by atoms with Crippen LogP contribution < -0.4 is 14.2 Å². The molecule has 0 saturated carbocycles. The van der Waals surface area contributed by atoms with Crippen LogP contribution in [0.3, 0.4) is 0 Å². The van der Waals surface area contributed by atoms with Gasteiger partial charge in [-0.25, -0.2) is 4.98 Å². The lowest BCUT2D eigenvalue weighted by Crippen LogP contribution is -2.03. The molecule has 4 nitrogen and oxygen atoms in total. The molecule has 5 rings (SSSR count). The van der Waals surface area contributed by atoms with Gasteiger partial charge < -0.3 is 14.2 Å². The molecule has 0 saturated heterocycles. The van der Waals surface area contributed by atoms with E-state index in [1.807, 2.05) is 18.2 Å². The number of hydrogen-bond acceptors (Lipinski definition) is 5. The molecule has 1 aromatic heterocycles. The first-order valence-electron chi connectivity index (χ1n) is 9.37. The van der Waals surface area contributed by atoms with Gasteiger partial charge in [-0.15, -0.1) is 11.3 Å². The monoisotopic (exact) mass is 379 g/mol. The second kappa shape index (κ2) is 6.89. The zero-order chi connectivity index (χ0) is 18.2. The first-order chi connectivity index (χ1) is 13.3. The van der Waals surface area contributed by atoms with E-state index >= 15 is 0 Å². The van der Waals surface area contributed by atoms with Crippen LogP contribution in [0.1, 0.15) is 28.1 Å². The Morgan fingerprint density at radius 2 is 1.93 bits per heavy atom. The minimum Gasteiger partial charge on any atom is -0.493 e. The highest BCUT2D eigenvalue weighted by molar-refractivity contribution is 7.15. The quantitative estimate of drug-likeness (QED) is 0.628. The molecule has 1 aliphatic carbocycles. The molecule has 0 fully saturated rings. The number of aromatic nitrogens is 1. The minimum absolute atomic E-state index is 0.293.